The predicted molar refractivity (Wildman–Crippen MR) is 224 cm³/mol. The molecule has 3 aromatic carbocycles. The molecule has 312 valence electrons. The van der Waals surface area contributed by atoms with E-state index in [1.807, 2.05) is 51.8 Å². The predicted octanol–water partition coefficient (Wildman–Crippen LogP) is 8.29. The minimum Gasteiger partial charge on any atom is -0.488 e. The van der Waals surface area contributed by atoms with E-state index in [1.54, 1.807) is 12.0 Å². The number of benzene rings is 3. The zero-order valence-corrected chi connectivity index (χ0v) is 35.2. The molecule has 59 heavy (non-hydrogen) atoms. The first kappa shape index (κ1) is 40.2. The number of nitrogens with one attached hydrogen (secondary N) is 3. The van der Waals surface area contributed by atoms with Crippen LogP contribution in [-0.4, -0.2) is 93.4 Å². The van der Waals surface area contributed by atoms with Crippen molar-refractivity contribution in [3.63, 3.8) is 0 Å². The van der Waals surface area contributed by atoms with Crippen LogP contribution in [0.2, 0.25) is 0 Å². The first-order valence-corrected chi connectivity index (χ1v) is 20.7. The second-order valence-corrected chi connectivity index (χ2v) is 17.5. The molecule has 2 unspecified atom stereocenters. The zero-order valence-electron chi connectivity index (χ0n) is 35.2. The summed E-state index contributed by atoms with van der Waals surface area (Å²) in [6.07, 6.45) is 3.06. The quantitative estimate of drug-likeness (QED) is 0.133. The number of carbonyl (C=O) groups is 3. The van der Waals surface area contributed by atoms with Crippen LogP contribution in [0.3, 0.4) is 0 Å². The van der Waals surface area contributed by atoms with E-state index in [2.05, 4.69) is 58.6 Å². The highest BCUT2D eigenvalue weighted by Gasteiger charge is 2.42. The maximum Gasteiger partial charge on any atom is 0.410 e. The van der Waals surface area contributed by atoms with E-state index >= 15 is 0 Å². The zero-order chi connectivity index (χ0) is 41.7. The number of hydrogen-bond acceptors (Lipinski definition) is 9. The molecule has 3 aliphatic heterocycles. The van der Waals surface area contributed by atoms with Gasteiger partial charge in [-0.25, -0.2) is 19.6 Å². The Labute approximate surface area is 344 Å². The van der Waals surface area contributed by atoms with E-state index in [0.717, 1.165) is 86.4 Å². The van der Waals surface area contributed by atoms with Crippen molar-refractivity contribution < 1.29 is 33.3 Å². The Balaban J connectivity index is 1.05. The van der Waals surface area contributed by atoms with Crippen LogP contribution in [0.25, 0.3) is 44.2 Å². The smallest absolute Gasteiger partial charge is 0.410 e. The highest BCUT2D eigenvalue weighted by atomic mass is 16.6. The molecule has 14 nitrogen and oxygen atoms in total. The molecule has 2 fully saturated rings. The first-order valence-electron chi connectivity index (χ1n) is 20.7. The Bertz CT molecular complexity index is 2400. The number of methoxy groups -OCH3 is 2. The van der Waals surface area contributed by atoms with Crippen LogP contribution < -0.4 is 10.1 Å². The van der Waals surface area contributed by atoms with Gasteiger partial charge in [-0.3, -0.25) is 9.69 Å². The second kappa shape index (κ2) is 15.9. The van der Waals surface area contributed by atoms with Crippen molar-refractivity contribution in [3.8, 4) is 28.1 Å². The summed E-state index contributed by atoms with van der Waals surface area (Å²) in [5, 5.41) is 4.81. The molecule has 2 aromatic heterocycles. The number of hydrogen-bond donors (Lipinski definition) is 3. The lowest BCUT2D eigenvalue weighted by Crippen LogP contribution is -2.51. The van der Waals surface area contributed by atoms with Crippen LogP contribution in [-0.2, 0) is 25.6 Å². The Morgan fingerprint density at radius 2 is 1.78 bits per heavy atom. The fourth-order valence-corrected chi connectivity index (χ4v) is 8.95. The normalized spacial score (nSPS) is 21.2. The largest absolute Gasteiger partial charge is 0.488 e. The van der Waals surface area contributed by atoms with E-state index in [0.29, 0.717) is 26.3 Å². The molecule has 0 bridgehead atoms. The molecule has 3 N–H and O–H groups in total. The van der Waals surface area contributed by atoms with Crippen molar-refractivity contribution in [3.05, 3.63) is 65.9 Å². The number of aromatic nitrogens is 4. The summed E-state index contributed by atoms with van der Waals surface area (Å²) < 4.78 is 22.5. The van der Waals surface area contributed by atoms with Gasteiger partial charge in [0, 0.05) is 37.1 Å². The van der Waals surface area contributed by atoms with Crippen LogP contribution in [0.15, 0.2) is 48.7 Å². The molecule has 0 spiro atoms. The van der Waals surface area contributed by atoms with Gasteiger partial charge in [0.1, 0.15) is 35.6 Å². The second-order valence-electron chi connectivity index (χ2n) is 17.5. The highest BCUT2D eigenvalue weighted by Crippen LogP contribution is 2.44. The van der Waals surface area contributed by atoms with Gasteiger partial charge in [-0.15, -0.1) is 0 Å². The third-order valence-corrected chi connectivity index (χ3v) is 12.1. The molecular formula is C45H55N7O7. The Morgan fingerprint density at radius 3 is 2.53 bits per heavy atom. The summed E-state index contributed by atoms with van der Waals surface area (Å²) in [6, 6.07) is 13.5. The van der Waals surface area contributed by atoms with Gasteiger partial charge in [0.2, 0.25) is 5.91 Å². The highest BCUT2D eigenvalue weighted by molar-refractivity contribution is 6.07. The summed E-state index contributed by atoms with van der Waals surface area (Å²) in [7, 11) is 2.99. The number of alkyl carbamates (subject to hydrolysis) is 1. The van der Waals surface area contributed by atoms with Crippen molar-refractivity contribution >= 4 is 39.9 Å². The Morgan fingerprint density at radius 1 is 0.983 bits per heavy atom. The van der Waals surface area contributed by atoms with Crippen molar-refractivity contribution in [1.82, 2.24) is 35.1 Å². The van der Waals surface area contributed by atoms with Gasteiger partial charge in [-0.2, -0.15) is 0 Å². The van der Waals surface area contributed by atoms with Crippen molar-refractivity contribution in [1.29, 1.82) is 0 Å². The summed E-state index contributed by atoms with van der Waals surface area (Å²) in [5.41, 5.74) is 6.08. The fourth-order valence-electron chi connectivity index (χ4n) is 8.95. The van der Waals surface area contributed by atoms with Crippen molar-refractivity contribution in [2.24, 2.45) is 17.8 Å². The van der Waals surface area contributed by atoms with Crippen LogP contribution >= 0.6 is 0 Å². The molecule has 0 aliphatic carbocycles. The molecule has 14 heteroatoms. The van der Waals surface area contributed by atoms with Crippen molar-refractivity contribution in [2.75, 3.05) is 33.9 Å². The minimum atomic E-state index is -0.693. The molecule has 8 rings (SSSR count). The van der Waals surface area contributed by atoms with Gasteiger partial charge in [0.15, 0.2) is 0 Å². The molecule has 5 heterocycles. The average Bonchev–Trinajstić information content (AvgIpc) is 4.03. The van der Waals surface area contributed by atoms with Gasteiger partial charge < -0.3 is 39.1 Å². The number of rotatable bonds is 9. The summed E-state index contributed by atoms with van der Waals surface area (Å²) in [6.45, 7) is 13.8. The maximum atomic E-state index is 13.9. The average molecular weight is 806 g/mol. The molecule has 5 aromatic rings. The van der Waals surface area contributed by atoms with Gasteiger partial charge in [-0.05, 0) is 91.8 Å². The first-order chi connectivity index (χ1) is 28.2. The van der Waals surface area contributed by atoms with E-state index in [4.69, 9.17) is 28.9 Å². The van der Waals surface area contributed by atoms with Gasteiger partial charge >= 0.3 is 12.2 Å². The molecule has 0 radical (unpaired) electrons. The lowest BCUT2D eigenvalue weighted by Gasteiger charge is -2.30. The lowest BCUT2D eigenvalue weighted by atomic mass is 9.92. The number of ether oxygens (including phenoxy) is 4. The molecule has 2 saturated heterocycles. The molecule has 0 saturated carbocycles. The number of fused-ring (bicyclic) bond motifs is 6. The number of likely N-dealkylation sites (tertiary alicyclic amines) is 2. The van der Waals surface area contributed by atoms with Gasteiger partial charge in [0.25, 0.3) is 0 Å². The van der Waals surface area contributed by atoms with E-state index in [1.165, 1.54) is 7.11 Å². The lowest BCUT2D eigenvalue weighted by molar-refractivity contribution is -0.135. The topological polar surface area (TPSA) is 164 Å². The molecule has 6 atom stereocenters. The Kier molecular flexibility index (Phi) is 10.8. The number of aromatic amines is 2. The molecule has 3 aliphatic rings. The number of nitrogens with zero attached hydrogens (tertiary/aromatic N) is 4. The standard InChI is InChI=1S/C45H55N7O7/c1-9-25(3)38(50-43(54)57-8)42(53)51-20-24(2)14-35(51)40-46-19-34(48-40)28-10-12-30-29(16-28)23-58-37-18-31-27(17-32(30)37)11-13-33-39(31)49-41(47-33)36-15-26(22-56-7)21-52(36)44(55)59-45(4,5)6/h10-13,16-19,24-26,35-36,38H,9,14-15,20-23H2,1-8H3,(H,46,48)(H,47,49)(H,50,54)/t24-,25-,26?,35?,36-,38-/m0/s1. The number of H-pyrrole nitrogens is 2. The van der Waals surface area contributed by atoms with Crippen LogP contribution in [0, 0.1) is 17.8 Å². The van der Waals surface area contributed by atoms with Gasteiger partial charge in [-0.1, -0.05) is 45.4 Å². The van der Waals surface area contributed by atoms with Crippen LogP contribution in [0.4, 0.5) is 9.59 Å². The number of imidazole rings is 2. The third kappa shape index (κ3) is 7.82. The maximum absolute atomic E-state index is 13.9. The van der Waals surface area contributed by atoms with E-state index < -0.39 is 17.7 Å². The summed E-state index contributed by atoms with van der Waals surface area (Å²) >= 11 is 0. The van der Waals surface area contributed by atoms with Gasteiger partial charge in [0.05, 0.1) is 48.7 Å². The third-order valence-electron chi connectivity index (χ3n) is 12.1. The monoisotopic (exact) mass is 805 g/mol. The number of carbonyl (C=O) groups excluding carboxylic acids is 3. The minimum absolute atomic E-state index is 0.0689. The summed E-state index contributed by atoms with van der Waals surface area (Å²) in [5.74, 6) is 2.48. The van der Waals surface area contributed by atoms with Crippen LogP contribution in [0.1, 0.15) is 90.1 Å². The SMILES string of the molecule is CC[C@H](C)[C@H](NC(=O)OC)C(=O)N1C[C@@H](C)CC1c1ncc(-c2ccc3c(c2)COc2cc4c(ccc5nc([C@@H]6CC(COC)CN6C(=O)OC(C)(C)C)[nH]c54)cc2-3)[nH]1. The molecule has 3 amide bonds. The fraction of sp³-hybridized carbons (Fsp3) is 0.489. The van der Waals surface area contributed by atoms with Crippen molar-refractivity contribution in [2.45, 2.75) is 91.1 Å². The molecular weight excluding hydrogens is 751 g/mol. The van der Waals surface area contributed by atoms with Crippen LogP contribution in [0.5, 0.6) is 5.75 Å². The van der Waals surface area contributed by atoms with E-state index in [-0.39, 0.29) is 41.8 Å². The summed E-state index contributed by atoms with van der Waals surface area (Å²) in [4.78, 5) is 60.0. The number of amides is 3. The van der Waals surface area contributed by atoms with E-state index in [9.17, 15) is 14.4 Å². The Hall–Kier alpha value is -5.63.